The number of nitrogens with zero attached hydrogens (tertiary/aromatic N) is 5. The van der Waals surface area contributed by atoms with Gasteiger partial charge in [0.05, 0.1) is 6.54 Å². The molecule has 6 nitrogen and oxygen atoms in total. The van der Waals surface area contributed by atoms with Gasteiger partial charge in [-0.1, -0.05) is 19.8 Å². The van der Waals surface area contributed by atoms with E-state index in [9.17, 15) is 0 Å². The number of aryl methyl sites for hydroxylation is 1. The zero-order chi connectivity index (χ0) is 13.5. The monoisotopic (exact) mass is 267 g/mol. The summed E-state index contributed by atoms with van der Waals surface area (Å²) in [5, 5.41) is 21.0. The Kier molecular flexibility index (Phi) is 5.72. The first-order valence-corrected chi connectivity index (χ1v) is 7.45. The molecule has 1 fully saturated rings. The van der Waals surface area contributed by atoms with Gasteiger partial charge in [-0.05, 0) is 36.1 Å². The Morgan fingerprint density at radius 1 is 1.37 bits per heavy atom. The second-order valence-corrected chi connectivity index (χ2v) is 5.30. The smallest absolute Gasteiger partial charge is 0.165 e. The summed E-state index contributed by atoms with van der Waals surface area (Å²) in [6.45, 7) is 5.07. The Hall–Kier alpha value is -1.01. The van der Waals surface area contributed by atoms with Gasteiger partial charge in [0.25, 0.3) is 0 Å². The van der Waals surface area contributed by atoms with E-state index in [1.165, 1.54) is 19.3 Å². The highest BCUT2D eigenvalue weighted by atomic mass is 16.3. The van der Waals surface area contributed by atoms with Crippen molar-refractivity contribution in [2.24, 2.45) is 0 Å². The molecule has 6 heteroatoms. The van der Waals surface area contributed by atoms with Crippen molar-refractivity contribution in [2.75, 3.05) is 13.2 Å². The number of tetrazole rings is 1. The van der Waals surface area contributed by atoms with Crippen LogP contribution in [0.5, 0.6) is 0 Å². The molecule has 0 bridgehead atoms. The van der Waals surface area contributed by atoms with Gasteiger partial charge in [-0.25, -0.2) is 4.68 Å². The highest BCUT2D eigenvalue weighted by molar-refractivity contribution is 4.87. The van der Waals surface area contributed by atoms with E-state index in [2.05, 4.69) is 27.3 Å². The summed E-state index contributed by atoms with van der Waals surface area (Å²) in [4.78, 5) is 2.42. The van der Waals surface area contributed by atoms with Crippen molar-refractivity contribution in [3.8, 4) is 0 Å². The van der Waals surface area contributed by atoms with Crippen LogP contribution in [0.2, 0.25) is 0 Å². The Morgan fingerprint density at radius 2 is 2.21 bits per heavy atom. The van der Waals surface area contributed by atoms with Crippen molar-refractivity contribution in [1.82, 2.24) is 25.1 Å². The SMILES string of the molecule is CCCCn1nnnc1CN(CCCO)C1CCC1. The first-order valence-electron chi connectivity index (χ1n) is 7.45. The lowest BCUT2D eigenvalue weighted by molar-refractivity contribution is 0.105. The standard InChI is InChI=1S/C13H25N5O/c1-2-3-9-18-13(14-15-16-18)11-17(8-5-10-19)12-6-4-7-12/h12,19H,2-11H2,1H3. The van der Waals surface area contributed by atoms with Crippen LogP contribution < -0.4 is 0 Å². The molecule has 0 unspecified atom stereocenters. The molecular formula is C13H25N5O. The van der Waals surface area contributed by atoms with Crippen LogP contribution >= 0.6 is 0 Å². The van der Waals surface area contributed by atoms with Crippen molar-refractivity contribution in [3.63, 3.8) is 0 Å². The third kappa shape index (κ3) is 3.98. The number of aliphatic hydroxyl groups excluding tert-OH is 1. The first kappa shape index (κ1) is 14.4. The van der Waals surface area contributed by atoms with Gasteiger partial charge in [0.1, 0.15) is 0 Å². The fourth-order valence-electron chi connectivity index (χ4n) is 2.42. The van der Waals surface area contributed by atoms with E-state index in [0.29, 0.717) is 6.04 Å². The lowest BCUT2D eigenvalue weighted by Crippen LogP contribution is -2.41. The minimum Gasteiger partial charge on any atom is -0.396 e. The molecule has 1 heterocycles. The van der Waals surface area contributed by atoms with Gasteiger partial charge in [-0.2, -0.15) is 0 Å². The maximum Gasteiger partial charge on any atom is 0.165 e. The van der Waals surface area contributed by atoms with Crippen LogP contribution in [-0.4, -0.2) is 49.4 Å². The van der Waals surface area contributed by atoms with E-state index in [1.54, 1.807) is 0 Å². The summed E-state index contributed by atoms with van der Waals surface area (Å²) < 4.78 is 1.92. The molecule has 0 saturated heterocycles. The quantitative estimate of drug-likeness (QED) is 0.728. The molecule has 2 rings (SSSR count). The van der Waals surface area contributed by atoms with Crippen LogP contribution in [-0.2, 0) is 13.1 Å². The van der Waals surface area contributed by atoms with E-state index in [4.69, 9.17) is 5.11 Å². The molecule has 1 N–H and O–H groups in total. The molecule has 1 aromatic heterocycles. The first-order chi connectivity index (χ1) is 9.35. The molecule has 0 aliphatic heterocycles. The number of hydrogen-bond donors (Lipinski definition) is 1. The van der Waals surface area contributed by atoms with E-state index >= 15 is 0 Å². The Bertz CT molecular complexity index is 364. The number of hydrogen-bond acceptors (Lipinski definition) is 5. The minimum absolute atomic E-state index is 0.254. The third-order valence-corrected chi connectivity index (χ3v) is 3.87. The van der Waals surface area contributed by atoms with Gasteiger partial charge in [0.15, 0.2) is 5.82 Å². The molecule has 1 aliphatic carbocycles. The summed E-state index contributed by atoms with van der Waals surface area (Å²) in [6, 6.07) is 0.655. The van der Waals surface area contributed by atoms with Crippen LogP contribution in [0, 0.1) is 0 Å². The second kappa shape index (κ2) is 7.55. The Labute approximate surface area is 114 Å². The van der Waals surface area contributed by atoms with Crippen molar-refractivity contribution in [3.05, 3.63) is 5.82 Å². The molecule has 0 radical (unpaired) electrons. The molecule has 0 amide bonds. The zero-order valence-electron chi connectivity index (χ0n) is 11.8. The van der Waals surface area contributed by atoms with Crippen molar-refractivity contribution in [1.29, 1.82) is 0 Å². The predicted molar refractivity (Wildman–Crippen MR) is 72.5 cm³/mol. The van der Waals surface area contributed by atoms with Crippen LogP contribution in [0.4, 0.5) is 0 Å². The van der Waals surface area contributed by atoms with Gasteiger partial charge in [-0.3, -0.25) is 4.90 Å². The molecule has 108 valence electrons. The van der Waals surface area contributed by atoms with Gasteiger partial charge in [-0.15, -0.1) is 5.10 Å². The maximum absolute atomic E-state index is 9.01. The van der Waals surface area contributed by atoms with E-state index in [0.717, 1.165) is 44.7 Å². The number of rotatable bonds is 9. The largest absolute Gasteiger partial charge is 0.396 e. The normalized spacial score (nSPS) is 15.9. The van der Waals surface area contributed by atoms with Gasteiger partial charge >= 0.3 is 0 Å². The lowest BCUT2D eigenvalue weighted by Gasteiger charge is -2.37. The number of aromatic nitrogens is 4. The molecular weight excluding hydrogens is 242 g/mol. The van der Waals surface area contributed by atoms with Crippen molar-refractivity contribution in [2.45, 2.75) is 64.6 Å². The molecule has 1 aliphatic rings. The van der Waals surface area contributed by atoms with Crippen LogP contribution in [0.3, 0.4) is 0 Å². The maximum atomic E-state index is 9.01. The van der Waals surface area contributed by atoms with Gasteiger partial charge < -0.3 is 5.11 Å². The number of unbranched alkanes of at least 4 members (excludes halogenated alkanes) is 1. The van der Waals surface area contributed by atoms with E-state index in [1.807, 2.05) is 4.68 Å². The number of aliphatic hydroxyl groups is 1. The molecule has 0 atom stereocenters. The topological polar surface area (TPSA) is 67.1 Å². The Morgan fingerprint density at radius 3 is 2.84 bits per heavy atom. The zero-order valence-corrected chi connectivity index (χ0v) is 11.8. The summed E-state index contributed by atoms with van der Waals surface area (Å²) >= 11 is 0. The molecule has 1 saturated carbocycles. The van der Waals surface area contributed by atoms with Crippen molar-refractivity contribution >= 4 is 0 Å². The van der Waals surface area contributed by atoms with Crippen molar-refractivity contribution < 1.29 is 5.11 Å². The third-order valence-electron chi connectivity index (χ3n) is 3.87. The molecule has 0 aromatic carbocycles. The molecule has 1 aromatic rings. The fraction of sp³-hybridized carbons (Fsp3) is 0.923. The summed E-state index contributed by atoms with van der Waals surface area (Å²) in [6.07, 6.45) is 6.94. The Balaban J connectivity index is 1.93. The summed E-state index contributed by atoms with van der Waals surface area (Å²) in [5.74, 6) is 0.957. The van der Waals surface area contributed by atoms with Gasteiger partial charge in [0.2, 0.25) is 0 Å². The highest BCUT2D eigenvalue weighted by Gasteiger charge is 2.25. The summed E-state index contributed by atoms with van der Waals surface area (Å²) in [5.41, 5.74) is 0. The predicted octanol–water partition coefficient (Wildman–Crippen LogP) is 1.21. The van der Waals surface area contributed by atoms with Crippen LogP contribution in [0.15, 0.2) is 0 Å². The highest BCUT2D eigenvalue weighted by Crippen LogP contribution is 2.26. The minimum atomic E-state index is 0.254. The molecule has 0 spiro atoms. The lowest BCUT2D eigenvalue weighted by atomic mass is 9.91. The van der Waals surface area contributed by atoms with E-state index < -0.39 is 0 Å². The summed E-state index contributed by atoms with van der Waals surface area (Å²) in [7, 11) is 0. The second-order valence-electron chi connectivity index (χ2n) is 5.30. The van der Waals surface area contributed by atoms with Crippen LogP contribution in [0.25, 0.3) is 0 Å². The van der Waals surface area contributed by atoms with E-state index in [-0.39, 0.29) is 6.61 Å². The molecule has 19 heavy (non-hydrogen) atoms. The average Bonchev–Trinajstić information content (AvgIpc) is 2.78. The van der Waals surface area contributed by atoms with Crippen LogP contribution in [0.1, 0.15) is 51.3 Å². The van der Waals surface area contributed by atoms with Gasteiger partial charge in [0, 0.05) is 25.7 Å². The average molecular weight is 267 g/mol. The fourth-order valence-corrected chi connectivity index (χ4v) is 2.42.